The van der Waals surface area contributed by atoms with E-state index in [-0.39, 0.29) is 6.04 Å². The maximum atomic E-state index is 6.47. The van der Waals surface area contributed by atoms with Gasteiger partial charge in [0.2, 0.25) is 0 Å². The number of rotatable bonds is 6. The number of aliphatic imine (C=N–C) groups is 2. The van der Waals surface area contributed by atoms with Crippen molar-refractivity contribution >= 4 is 51.8 Å². The molecule has 2 aliphatic carbocycles. The molecule has 1 heterocycles. The molecule has 0 N–H and O–H groups in total. The van der Waals surface area contributed by atoms with Crippen molar-refractivity contribution in [1.29, 1.82) is 0 Å². The summed E-state index contributed by atoms with van der Waals surface area (Å²) in [4.78, 5) is 19.4. The Kier molecular flexibility index (Phi) is 8.56. The van der Waals surface area contributed by atoms with Crippen LogP contribution in [0.15, 0.2) is 81.7 Å². The summed E-state index contributed by atoms with van der Waals surface area (Å²) in [5.74, 6) is 0. The Morgan fingerprint density at radius 1 is 1.03 bits per heavy atom. The van der Waals surface area contributed by atoms with Crippen LogP contribution in [0.2, 0.25) is 10.0 Å². The summed E-state index contributed by atoms with van der Waals surface area (Å²) >= 11 is 12.7. The van der Waals surface area contributed by atoms with Crippen LogP contribution in [0.1, 0.15) is 32.6 Å². The molecule has 1 fully saturated rings. The first-order chi connectivity index (χ1) is 19.0. The average Bonchev–Trinajstić information content (AvgIpc) is 2.94. The topological polar surface area (TPSA) is 64.1 Å². The summed E-state index contributed by atoms with van der Waals surface area (Å²) in [7, 11) is 3.53. The molecule has 0 spiro atoms. The molecule has 2 aromatic rings. The van der Waals surface area contributed by atoms with Crippen LogP contribution >= 0.6 is 23.2 Å². The highest BCUT2D eigenvalue weighted by Gasteiger charge is 2.21. The Hall–Kier alpha value is -3.32. The minimum Gasteiger partial charge on any atom is -0.381 e. The number of hydrogen-bond acceptors (Lipinski definition) is 5. The van der Waals surface area contributed by atoms with Crippen molar-refractivity contribution in [2.24, 2.45) is 15.0 Å². The van der Waals surface area contributed by atoms with E-state index in [9.17, 15) is 0 Å². The fourth-order valence-electron chi connectivity index (χ4n) is 5.08. The molecule has 0 saturated heterocycles. The van der Waals surface area contributed by atoms with Crippen molar-refractivity contribution < 1.29 is 4.74 Å². The van der Waals surface area contributed by atoms with E-state index >= 15 is 0 Å². The molecule has 0 radical (unpaired) electrons. The third kappa shape index (κ3) is 5.98. The number of allylic oxidation sites excluding steroid dienone is 2. The van der Waals surface area contributed by atoms with Crippen LogP contribution in [-0.2, 0) is 4.74 Å². The summed E-state index contributed by atoms with van der Waals surface area (Å²) in [6.45, 7) is 1.97. The molecule has 0 unspecified atom stereocenters. The second-order valence-electron chi connectivity index (χ2n) is 9.58. The van der Waals surface area contributed by atoms with Gasteiger partial charge in [0.05, 0.1) is 61.4 Å². The highest BCUT2D eigenvalue weighted by Crippen LogP contribution is 2.33. The molecule has 6 nitrogen and oxygen atoms in total. The van der Waals surface area contributed by atoms with E-state index in [1.165, 1.54) is 0 Å². The minimum absolute atomic E-state index is 0.194. The van der Waals surface area contributed by atoms with E-state index in [1.54, 1.807) is 20.4 Å². The zero-order valence-corrected chi connectivity index (χ0v) is 23.8. The number of fused-ring (bicyclic) bond motifs is 2. The molecule has 5 rings (SSSR count). The smallest absolute Gasteiger partial charge is 0.0912 e. The number of aromatic nitrogens is 2. The van der Waals surface area contributed by atoms with Crippen LogP contribution in [0, 0.1) is 0 Å². The zero-order valence-electron chi connectivity index (χ0n) is 22.3. The Balaban J connectivity index is 1.80. The molecule has 0 bridgehead atoms. The van der Waals surface area contributed by atoms with E-state index in [2.05, 4.69) is 21.7 Å². The third-order valence-corrected chi connectivity index (χ3v) is 7.72. The summed E-state index contributed by atoms with van der Waals surface area (Å²) in [6.07, 6.45) is 9.89. The number of halogens is 2. The summed E-state index contributed by atoms with van der Waals surface area (Å²) in [5.41, 5.74) is 5.92. The molecule has 2 aromatic carbocycles. The quantitative estimate of drug-likeness (QED) is 0.180. The second kappa shape index (κ2) is 12.2. The van der Waals surface area contributed by atoms with E-state index in [1.807, 2.05) is 61.5 Å². The monoisotopic (exact) mass is 559 g/mol. The molecule has 0 aromatic heterocycles. The Bertz CT molecular complexity index is 1600. The molecule has 8 heteroatoms. The lowest BCUT2D eigenvalue weighted by atomic mass is 9.93. The number of benzene rings is 3. The van der Waals surface area contributed by atoms with E-state index in [0.717, 1.165) is 70.5 Å². The number of hydrogen-bond donors (Lipinski definition) is 0. The van der Waals surface area contributed by atoms with Crippen LogP contribution in [0.25, 0.3) is 28.1 Å². The maximum Gasteiger partial charge on any atom is 0.0912 e. The summed E-state index contributed by atoms with van der Waals surface area (Å²) < 4.78 is 7.74. The van der Waals surface area contributed by atoms with Crippen LogP contribution in [0.3, 0.4) is 0 Å². The second-order valence-corrected chi connectivity index (χ2v) is 10.4. The number of nitrogens with zero attached hydrogens (tertiary/aromatic N) is 5. The first kappa shape index (κ1) is 27.3. The number of ether oxygens (including phenoxy) is 1. The van der Waals surface area contributed by atoms with Gasteiger partial charge in [-0.25, -0.2) is 9.98 Å². The molecule has 0 atom stereocenters. The van der Waals surface area contributed by atoms with E-state index in [0.29, 0.717) is 16.1 Å². The predicted octanol–water partition coefficient (Wildman–Crippen LogP) is 7.64. The van der Waals surface area contributed by atoms with Gasteiger partial charge in [-0.05, 0) is 81.1 Å². The first-order valence-electron chi connectivity index (χ1n) is 13.1. The van der Waals surface area contributed by atoms with Gasteiger partial charge < -0.3 is 9.30 Å². The predicted molar refractivity (Wildman–Crippen MR) is 163 cm³/mol. The molecule has 3 aliphatic rings. The average molecular weight is 561 g/mol. The third-order valence-electron chi connectivity index (χ3n) is 6.98. The molecular formula is C31H31Cl2N5O. The lowest BCUT2D eigenvalue weighted by Gasteiger charge is -2.25. The van der Waals surface area contributed by atoms with Crippen molar-refractivity contribution in [2.45, 2.75) is 44.8 Å². The fourth-order valence-corrected chi connectivity index (χ4v) is 5.38. The Labute approximate surface area is 238 Å². The van der Waals surface area contributed by atoms with Gasteiger partial charge in [0.15, 0.2) is 0 Å². The van der Waals surface area contributed by atoms with Gasteiger partial charge in [0.1, 0.15) is 0 Å². The zero-order chi connectivity index (χ0) is 27.4. The summed E-state index contributed by atoms with van der Waals surface area (Å²) in [6, 6.07) is 18.0. The molecular weight excluding hydrogens is 529 g/mol. The van der Waals surface area contributed by atoms with Crippen LogP contribution < -0.4 is 5.36 Å². The highest BCUT2D eigenvalue weighted by molar-refractivity contribution is 6.42. The van der Waals surface area contributed by atoms with Crippen LogP contribution in [0.4, 0.5) is 5.69 Å². The maximum absolute atomic E-state index is 6.47. The van der Waals surface area contributed by atoms with Gasteiger partial charge in [-0.15, -0.1) is 0 Å². The Morgan fingerprint density at radius 2 is 1.82 bits per heavy atom. The molecule has 1 aliphatic heterocycles. The minimum atomic E-state index is 0.194. The van der Waals surface area contributed by atoms with Gasteiger partial charge in [0.25, 0.3) is 0 Å². The van der Waals surface area contributed by atoms with Gasteiger partial charge in [-0.3, -0.25) is 9.98 Å². The number of methoxy groups -OCH3 is 1. The lowest BCUT2D eigenvalue weighted by Crippen LogP contribution is -2.24. The first-order valence-corrected chi connectivity index (χ1v) is 13.9. The van der Waals surface area contributed by atoms with Gasteiger partial charge in [-0.1, -0.05) is 41.4 Å². The standard InChI is InChI=1S/C31H31Cl2N5O/c1-4-7-21(19-34-2)36-27-17-29-31(18-28(27)35-20-10-13-23(39-3)14-11-20)38(22-12-15-24(32)25(33)16-22)30-9-6-5-8-26(30)37-29/h4-9,12,15-20,23H,10-11,13-14H2,1-3H3/b7-4-,34-19?,35-28?,36-21?. The van der Waals surface area contributed by atoms with Gasteiger partial charge >= 0.3 is 0 Å². The van der Waals surface area contributed by atoms with Gasteiger partial charge in [0, 0.05) is 26.1 Å². The van der Waals surface area contributed by atoms with E-state index < -0.39 is 0 Å². The van der Waals surface area contributed by atoms with Crippen molar-refractivity contribution in [1.82, 2.24) is 9.55 Å². The number of para-hydroxylation sites is 2. The molecule has 1 saturated carbocycles. The van der Waals surface area contributed by atoms with Crippen molar-refractivity contribution in [3.8, 4) is 17.1 Å². The van der Waals surface area contributed by atoms with Crippen molar-refractivity contribution in [3.05, 3.63) is 82.2 Å². The fraction of sp³-hybridized carbons (Fsp3) is 0.290. The molecule has 0 amide bonds. The lowest BCUT2D eigenvalue weighted by molar-refractivity contribution is 0.0663. The molecule has 200 valence electrons. The molecule has 39 heavy (non-hydrogen) atoms. The highest BCUT2D eigenvalue weighted by atomic mass is 35.5. The normalized spacial score (nSPS) is 19.2. The summed E-state index contributed by atoms with van der Waals surface area (Å²) in [5, 5.41) is 1.82. The van der Waals surface area contributed by atoms with Crippen LogP contribution in [0.5, 0.6) is 0 Å². The van der Waals surface area contributed by atoms with Crippen molar-refractivity contribution in [2.75, 3.05) is 14.2 Å². The van der Waals surface area contributed by atoms with Crippen LogP contribution in [-0.4, -0.2) is 47.8 Å². The largest absolute Gasteiger partial charge is 0.381 e. The van der Waals surface area contributed by atoms with Gasteiger partial charge in [-0.2, -0.15) is 0 Å². The Morgan fingerprint density at radius 3 is 2.54 bits per heavy atom. The van der Waals surface area contributed by atoms with E-state index in [4.69, 9.17) is 42.9 Å². The van der Waals surface area contributed by atoms with Crippen molar-refractivity contribution in [3.63, 3.8) is 0 Å². The SMILES string of the molecule is C/C=C\C(C=NC)=Nc1cc2nc3ccccc3n(-c3ccc(Cl)c(Cl)c3)c-2cc1=NC1CCC(OC)CC1.